The summed E-state index contributed by atoms with van der Waals surface area (Å²) < 4.78 is 30.3. The van der Waals surface area contributed by atoms with Crippen molar-refractivity contribution in [2.75, 3.05) is 37.8 Å². The lowest BCUT2D eigenvalue weighted by atomic mass is 9.91. The summed E-state index contributed by atoms with van der Waals surface area (Å²) in [6.07, 6.45) is 4.15. The molecule has 0 bridgehead atoms. The zero-order valence-electron chi connectivity index (χ0n) is 15.1. The monoisotopic (exact) mass is 358 g/mol. The van der Waals surface area contributed by atoms with E-state index in [1.807, 2.05) is 6.20 Å². The quantitative estimate of drug-likeness (QED) is 0.653. The summed E-state index contributed by atoms with van der Waals surface area (Å²) >= 11 is 0. The van der Waals surface area contributed by atoms with Crippen LogP contribution < -0.4 is 0 Å². The fraction of sp³-hybridized carbons (Fsp3) is 0.875. The van der Waals surface area contributed by atoms with Gasteiger partial charge in [0.25, 0.3) is 0 Å². The Balaban J connectivity index is 1.63. The lowest BCUT2D eigenvalue weighted by Crippen LogP contribution is -2.39. The Morgan fingerprint density at radius 1 is 1.21 bits per heavy atom. The molecule has 0 N–H and O–H groups in total. The van der Waals surface area contributed by atoms with Crippen LogP contribution in [0.1, 0.15) is 39.3 Å². The minimum Gasteiger partial charge on any atom is -0.380 e. The second-order valence-electron chi connectivity index (χ2n) is 7.68. The van der Waals surface area contributed by atoms with Gasteiger partial charge in [0.05, 0.1) is 30.4 Å². The molecule has 1 aromatic heterocycles. The van der Waals surface area contributed by atoms with Crippen LogP contribution in [-0.2, 0) is 27.7 Å². The van der Waals surface area contributed by atoms with Crippen molar-refractivity contribution in [3.63, 3.8) is 0 Å². The lowest BCUT2D eigenvalue weighted by Gasteiger charge is -2.25. The summed E-state index contributed by atoms with van der Waals surface area (Å²) in [6.45, 7) is 10.6. The summed E-state index contributed by atoms with van der Waals surface area (Å²) in [5, 5.41) is 8.27. The van der Waals surface area contributed by atoms with Gasteiger partial charge in [0.15, 0.2) is 9.84 Å². The fourth-order valence-electron chi connectivity index (χ4n) is 2.62. The first-order valence-corrected chi connectivity index (χ1v) is 10.5. The third-order valence-corrected chi connectivity index (χ3v) is 5.70. The van der Waals surface area contributed by atoms with E-state index >= 15 is 0 Å². The molecule has 8 heteroatoms. The van der Waals surface area contributed by atoms with E-state index in [1.54, 1.807) is 4.68 Å². The minimum absolute atomic E-state index is 0.240. The first-order chi connectivity index (χ1) is 11.2. The van der Waals surface area contributed by atoms with Crippen molar-refractivity contribution in [2.45, 2.75) is 46.7 Å². The van der Waals surface area contributed by atoms with Gasteiger partial charge in [0, 0.05) is 32.4 Å². The molecular formula is C16H30N4O3S. The molecule has 0 radical (unpaired) electrons. The molecule has 0 spiro atoms. The highest BCUT2D eigenvalue weighted by Gasteiger charge is 2.22. The van der Waals surface area contributed by atoms with Crippen molar-refractivity contribution < 1.29 is 13.2 Å². The molecule has 0 aliphatic carbocycles. The fourth-order valence-corrected chi connectivity index (χ4v) is 3.90. The molecule has 1 saturated heterocycles. The van der Waals surface area contributed by atoms with Crippen LogP contribution in [0.4, 0.5) is 0 Å². The van der Waals surface area contributed by atoms with Crippen molar-refractivity contribution in [3.05, 3.63) is 11.9 Å². The van der Waals surface area contributed by atoms with Gasteiger partial charge in [0.1, 0.15) is 0 Å². The summed E-state index contributed by atoms with van der Waals surface area (Å²) in [4.78, 5) is 2.11. The van der Waals surface area contributed by atoms with Gasteiger partial charge in [-0.3, -0.25) is 4.90 Å². The Kier molecular flexibility index (Phi) is 6.77. The van der Waals surface area contributed by atoms with Crippen LogP contribution in [0.2, 0.25) is 0 Å². The molecule has 1 aliphatic rings. The Morgan fingerprint density at radius 3 is 2.58 bits per heavy atom. The Bertz CT molecular complexity index is 593. The number of hydrogen-bond donors (Lipinski definition) is 0. The van der Waals surface area contributed by atoms with Crippen LogP contribution in [0.3, 0.4) is 0 Å². The maximum absolute atomic E-state index is 11.4. The predicted octanol–water partition coefficient (Wildman–Crippen LogP) is 1.35. The molecule has 0 saturated carbocycles. The molecule has 1 aliphatic heterocycles. The van der Waals surface area contributed by atoms with Crippen LogP contribution in [0.25, 0.3) is 0 Å². The van der Waals surface area contributed by atoms with Gasteiger partial charge in [-0.05, 0) is 18.3 Å². The summed E-state index contributed by atoms with van der Waals surface area (Å²) in [5.74, 6) is 0.479. The highest BCUT2D eigenvalue weighted by atomic mass is 32.2. The molecule has 7 nitrogen and oxygen atoms in total. The largest absolute Gasteiger partial charge is 0.380 e. The molecule has 2 heterocycles. The van der Waals surface area contributed by atoms with Crippen LogP contribution >= 0.6 is 0 Å². The van der Waals surface area contributed by atoms with Crippen LogP contribution in [0, 0.1) is 5.41 Å². The normalized spacial score (nSPS) is 18.8. The molecule has 0 aromatic carbocycles. The molecule has 0 atom stereocenters. The third kappa shape index (κ3) is 7.27. The van der Waals surface area contributed by atoms with Crippen molar-refractivity contribution in [1.29, 1.82) is 0 Å². The van der Waals surface area contributed by atoms with Gasteiger partial charge >= 0.3 is 0 Å². The number of hydrogen-bond acceptors (Lipinski definition) is 6. The zero-order chi connectivity index (χ0) is 17.6. The average molecular weight is 359 g/mol. The third-order valence-electron chi connectivity index (χ3n) is 4.09. The second kappa shape index (κ2) is 8.40. The smallest absolute Gasteiger partial charge is 0.152 e. The predicted molar refractivity (Wildman–Crippen MR) is 93.5 cm³/mol. The Labute approximate surface area is 145 Å². The van der Waals surface area contributed by atoms with Crippen LogP contribution in [0.5, 0.6) is 0 Å². The molecule has 0 unspecified atom stereocenters. The zero-order valence-corrected chi connectivity index (χ0v) is 15.9. The Morgan fingerprint density at radius 2 is 1.92 bits per heavy atom. The number of aromatic nitrogens is 3. The number of rotatable bonds is 8. The van der Waals surface area contributed by atoms with Gasteiger partial charge in [-0.25, -0.2) is 13.1 Å². The number of sulfone groups is 1. The van der Waals surface area contributed by atoms with Crippen molar-refractivity contribution in [1.82, 2.24) is 19.9 Å². The lowest BCUT2D eigenvalue weighted by molar-refractivity contribution is 0.113. The summed E-state index contributed by atoms with van der Waals surface area (Å²) in [7, 11) is -2.83. The topological polar surface area (TPSA) is 77.3 Å². The maximum Gasteiger partial charge on any atom is 0.152 e. The molecule has 2 rings (SSSR count). The van der Waals surface area contributed by atoms with E-state index in [9.17, 15) is 8.42 Å². The highest BCUT2D eigenvalue weighted by Crippen LogP contribution is 2.20. The van der Waals surface area contributed by atoms with E-state index in [0.717, 1.165) is 25.1 Å². The van der Waals surface area contributed by atoms with Gasteiger partial charge < -0.3 is 4.74 Å². The molecule has 1 fully saturated rings. The SMILES string of the molecule is CC(C)(C)CCCOCCn1cc(CN2CCS(=O)(=O)CC2)nn1. The standard InChI is InChI=1S/C16H30N4O3S/c1-16(2,3)5-4-9-23-10-6-20-14-15(17-18-20)13-19-7-11-24(21,22)12-8-19/h14H,4-13H2,1-3H3. The molecule has 24 heavy (non-hydrogen) atoms. The van der Waals surface area contributed by atoms with Gasteiger partial charge in [-0.2, -0.15) is 0 Å². The van der Waals surface area contributed by atoms with Crippen LogP contribution in [-0.4, -0.2) is 66.1 Å². The molecule has 0 amide bonds. The van der Waals surface area contributed by atoms with Crippen molar-refractivity contribution in [2.24, 2.45) is 5.41 Å². The number of nitrogens with zero attached hydrogens (tertiary/aromatic N) is 4. The van der Waals surface area contributed by atoms with E-state index in [-0.39, 0.29) is 11.5 Å². The van der Waals surface area contributed by atoms with Gasteiger partial charge in [-0.15, -0.1) is 5.10 Å². The minimum atomic E-state index is -2.83. The highest BCUT2D eigenvalue weighted by molar-refractivity contribution is 7.91. The first-order valence-electron chi connectivity index (χ1n) is 8.63. The van der Waals surface area contributed by atoms with E-state index < -0.39 is 9.84 Å². The second-order valence-corrected chi connectivity index (χ2v) is 9.98. The number of ether oxygens (including phenoxy) is 1. The van der Waals surface area contributed by atoms with E-state index in [1.165, 1.54) is 0 Å². The first kappa shape index (κ1) is 19.3. The Hall–Kier alpha value is -0.990. The molecule has 138 valence electrons. The van der Waals surface area contributed by atoms with Crippen molar-refractivity contribution >= 4 is 9.84 Å². The summed E-state index contributed by atoms with van der Waals surface area (Å²) in [6, 6.07) is 0. The van der Waals surface area contributed by atoms with E-state index in [2.05, 4.69) is 36.0 Å². The van der Waals surface area contributed by atoms with E-state index in [4.69, 9.17) is 4.74 Å². The average Bonchev–Trinajstić information content (AvgIpc) is 2.91. The van der Waals surface area contributed by atoms with Gasteiger partial charge in [-0.1, -0.05) is 26.0 Å². The molecule has 1 aromatic rings. The summed E-state index contributed by atoms with van der Waals surface area (Å²) in [5.41, 5.74) is 1.24. The van der Waals surface area contributed by atoms with Crippen LogP contribution in [0.15, 0.2) is 6.20 Å². The molecular weight excluding hydrogens is 328 g/mol. The van der Waals surface area contributed by atoms with E-state index in [0.29, 0.717) is 38.2 Å². The maximum atomic E-state index is 11.4. The van der Waals surface area contributed by atoms with Crippen molar-refractivity contribution in [3.8, 4) is 0 Å². The van der Waals surface area contributed by atoms with Gasteiger partial charge in [0.2, 0.25) is 0 Å².